The molecule has 0 saturated carbocycles. The largest absolute Gasteiger partial charge is 0.348 e. The van der Waals surface area contributed by atoms with Crippen LogP contribution in [0.25, 0.3) is 0 Å². The minimum Gasteiger partial charge on any atom is -0.348 e. The van der Waals surface area contributed by atoms with Gasteiger partial charge in [0.25, 0.3) is 0 Å². The standard InChI is InChI=1S/C14H17ClN2O2/c1-10(11-4-6-12(15)7-5-11)16-13(18)9-17-8-2-3-14(17)19/h4-7,10H,2-3,8-9H2,1H3,(H,16,18)/t10-/m0/s1. The molecule has 0 spiro atoms. The van der Waals surface area contributed by atoms with Gasteiger partial charge in [0.05, 0.1) is 12.6 Å². The fourth-order valence-electron chi connectivity index (χ4n) is 2.17. The van der Waals surface area contributed by atoms with Gasteiger partial charge in [0.1, 0.15) is 0 Å². The molecule has 1 heterocycles. The summed E-state index contributed by atoms with van der Waals surface area (Å²) in [5.41, 5.74) is 0.991. The van der Waals surface area contributed by atoms with Gasteiger partial charge < -0.3 is 10.2 Å². The maximum atomic E-state index is 11.9. The number of hydrogen-bond donors (Lipinski definition) is 1. The number of carbonyl (C=O) groups is 2. The monoisotopic (exact) mass is 280 g/mol. The number of amides is 2. The summed E-state index contributed by atoms with van der Waals surface area (Å²) < 4.78 is 0. The summed E-state index contributed by atoms with van der Waals surface area (Å²) in [6, 6.07) is 7.26. The molecular formula is C14H17ClN2O2. The van der Waals surface area contributed by atoms with E-state index in [0.717, 1.165) is 12.0 Å². The van der Waals surface area contributed by atoms with Crippen molar-refractivity contribution in [2.24, 2.45) is 0 Å². The van der Waals surface area contributed by atoms with Gasteiger partial charge >= 0.3 is 0 Å². The molecular weight excluding hydrogens is 264 g/mol. The Hall–Kier alpha value is -1.55. The second-order valence-electron chi connectivity index (χ2n) is 4.76. The van der Waals surface area contributed by atoms with E-state index in [1.807, 2.05) is 19.1 Å². The highest BCUT2D eigenvalue weighted by Crippen LogP contribution is 2.16. The number of benzene rings is 1. The lowest BCUT2D eigenvalue weighted by atomic mass is 10.1. The first kappa shape index (κ1) is 13.9. The Morgan fingerprint density at radius 2 is 2.11 bits per heavy atom. The number of likely N-dealkylation sites (tertiary alicyclic amines) is 1. The quantitative estimate of drug-likeness (QED) is 0.919. The van der Waals surface area contributed by atoms with Crippen molar-refractivity contribution in [2.75, 3.05) is 13.1 Å². The lowest BCUT2D eigenvalue weighted by Crippen LogP contribution is -2.38. The van der Waals surface area contributed by atoms with E-state index < -0.39 is 0 Å². The zero-order chi connectivity index (χ0) is 13.8. The Bertz CT molecular complexity index is 473. The SMILES string of the molecule is C[C@H](NC(=O)CN1CCCC1=O)c1ccc(Cl)cc1. The Kier molecular flexibility index (Phi) is 4.43. The number of halogens is 1. The van der Waals surface area contributed by atoms with Crippen LogP contribution in [0.4, 0.5) is 0 Å². The number of rotatable bonds is 4. The van der Waals surface area contributed by atoms with Gasteiger partial charge in [0.15, 0.2) is 0 Å². The molecule has 1 fully saturated rings. The highest BCUT2D eigenvalue weighted by Gasteiger charge is 2.22. The van der Waals surface area contributed by atoms with Crippen molar-refractivity contribution >= 4 is 23.4 Å². The predicted molar refractivity (Wildman–Crippen MR) is 73.8 cm³/mol. The molecule has 0 bridgehead atoms. The number of nitrogens with one attached hydrogen (secondary N) is 1. The van der Waals surface area contributed by atoms with E-state index in [9.17, 15) is 9.59 Å². The molecule has 1 aliphatic rings. The van der Waals surface area contributed by atoms with Crippen LogP contribution in [0.15, 0.2) is 24.3 Å². The molecule has 1 aromatic carbocycles. The van der Waals surface area contributed by atoms with Gasteiger partial charge in [0, 0.05) is 18.0 Å². The van der Waals surface area contributed by atoms with Crippen molar-refractivity contribution in [3.05, 3.63) is 34.9 Å². The second-order valence-corrected chi connectivity index (χ2v) is 5.20. The van der Waals surface area contributed by atoms with Crippen LogP contribution in [-0.2, 0) is 9.59 Å². The Morgan fingerprint density at radius 3 is 2.68 bits per heavy atom. The van der Waals surface area contributed by atoms with Crippen molar-refractivity contribution < 1.29 is 9.59 Å². The zero-order valence-electron chi connectivity index (χ0n) is 10.9. The summed E-state index contributed by atoms with van der Waals surface area (Å²) in [4.78, 5) is 24.9. The maximum absolute atomic E-state index is 11.9. The lowest BCUT2D eigenvalue weighted by Gasteiger charge is -2.18. The van der Waals surface area contributed by atoms with E-state index in [1.165, 1.54) is 0 Å². The van der Waals surface area contributed by atoms with Gasteiger partial charge in [-0.1, -0.05) is 23.7 Å². The van der Waals surface area contributed by atoms with Crippen molar-refractivity contribution in [1.29, 1.82) is 0 Å². The van der Waals surface area contributed by atoms with Gasteiger partial charge in [0.2, 0.25) is 11.8 Å². The van der Waals surface area contributed by atoms with Crippen LogP contribution in [-0.4, -0.2) is 29.8 Å². The average molecular weight is 281 g/mol. The Balaban J connectivity index is 1.87. The average Bonchev–Trinajstić information content (AvgIpc) is 2.75. The third-order valence-corrected chi connectivity index (χ3v) is 3.51. The lowest BCUT2D eigenvalue weighted by molar-refractivity contribution is -0.133. The molecule has 1 atom stereocenters. The van der Waals surface area contributed by atoms with Crippen LogP contribution in [0, 0.1) is 0 Å². The molecule has 2 rings (SSSR count). The van der Waals surface area contributed by atoms with Crippen molar-refractivity contribution in [3.8, 4) is 0 Å². The van der Waals surface area contributed by atoms with Crippen molar-refractivity contribution in [1.82, 2.24) is 10.2 Å². The smallest absolute Gasteiger partial charge is 0.240 e. The molecule has 1 N–H and O–H groups in total. The summed E-state index contributed by atoms with van der Waals surface area (Å²) in [7, 11) is 0. The van der Waals surface area contributed by atoms with Crippen LogP contribution in [0.3, 0.4) is 0 Å². The Labute approximate surface area is 117 Å². The van der Waals surface area contributed by atoms with E-state index >= 15 is 0 Å². The normalized spacial score (nSPS) is 16.5. The fourth-order valence-corrected chi connectivity index (χ4v) is 2.29. The van der Waals surface area contributed by atoms with E-state index in [2.05, 4.69) is 5.32 Å². The molecule has 102 valence electrons. The number of carbonyl (C=O) groups excluding carboxylic acids is 2. The molecule has 0 unspecified atom stereocenters. The fraction of sp³-hybridized carbons (Fsp3) is 0.429. The Morgan fingerprint density at radius 1 is 1.42 bits per heavy atom. The minimum atomic E-state index is -0.127. The summed E-state index contributed by atoms with van der Waals surface area (Å²) in [6.07, 6.45) is 1.40. The number of nitrogens with zero attached hydrogens (tertiary/aromatic N) is 1. The summed E-state index contributed by atoms with van der Waals surface area (Å²) in [5.74, 6) is -0.0630. The third-order valence-electron chi connectivity index (χ3n) is 3.25. The second kappa shape index (κ2) is 6.06. The zero-order valence-corrected chi connectivity index (χ0v) is 11.6. The minimum absolute atomic E-state index is 0.0642. The van der Waals surface area contributed by atoms with Crippen LogP contribution in [0.5, 0.6) is 0 Å². The first-order valence-corrected chi connectivity index (χ1v) is 6.76. The molecule has 19 heavy (non-hydrogen) atoms. The predicted octanol–water partition coefficient (Wildman–Crippen LogP) is 2.14. The molecule has 0 aliphatic carbocycles. The molecule has 0 radical (unpaired) electrons. The summed E-state index contributed by atoms with van der Waals surface area (Å²) in [6.45, 7) is 2.74. The maximum Gasteiger partial charge on any atom is 0.240 e. The van der Waals surface area contributed by atoms with Crippen LogP contribution >= 0.6 is 11.6 Å². The van der Waals surface area contributed by atoms with E-state index in [0.29, 0.717) is 18.0 Å². The first-order valence-electron chi connectivity index (χ1n) is 6.39. The van der Waals surface area contributed by atoms with Crippen molar-refractivity contribution in [3.63, 3.8) is 0 Å². The summed E-state index contributed by atoms with van der Waals surface area (Å²) in [5, 5.41) is 3.56. The molecule has 1 aromatic rings. The first-order chi connectivity index (χ1) is 9.06. The van der Waals surface area contributed by atoms with E-state index in [4.69, 9.17) is 11.6 Å². The van der Waals surface area contributed by atoms with Gasteiger partial charge in [-0.25, -0.2) is 0 Å². The summed E-state index contributed by atoms with van der Waals surface area (Å²) >= 11 is 5.82. The molecule has 2 amide bonds. The molecule has 1 aliphatic heterocycles. The van der Waals surface area contributed by atoms with Gasteiger partial charge in [-0.15, -0.1) is 0 Å². The highest BCUT2D eigenvalue weighted by atomic mass is 35.5. The third kappa shape index (κ3) is 3.70. The molecule has 1 saturated heterocycles. The van der Waals surface area contributed by atoms with Crippen LogP contribution < -0.4 is 5.32 Å². The van der Waals surface area contributed by atoms with Gasteiger partial charge in [-0.3, -0.25) is 9.59 Å². The topological polar surface area (TPSA) is 49.4 Å². The van der Waals surface area contributed by atoms with E-state index in [-0.39, 0.29) is 24.4 Å². The van der Waals surface area contributed by atoms with Crippen LogP contribution in [0.2, 0.25) is 5.02 Å². The molecule has 4 nitrogen and oxygen atoms in total. The molecule has 5 heteroatoms. The van der Waals surface area contributed by atoms with E-state index in [1.54, 1.807) is 17.0 Å². The highest BCUT2D eigenvalue weighted by molar-refractivity contribution is 6.30. The van der Waals surface area contributed by atoms with Gasteiger partial charge in [-0.2, -0.15) is 0 Å². The number of hydrogen-bond acceptors (Lipinski definition) is 2. The van der Waals surface area contributed by atoms with Crippen molar-refractivity contribution in [2.45, 2.75) is 25.8 Å². The molecule has 0 aromatic heterocycles. The van der Waals surface area contributed by atoms with Gasteiger partial charge in [-0.05, 0) is 31.0 Å². The van der Waals surface area contributed by atoms with Crippen LogP contribution in [0.1, 0.15) is 31.4 Å².